The second kappa shape index (κ2) is 17.8. The molecule has 0 saturated heterocycles. The monoisotopic (exact) mass is 701 g/mol. The number of hydrogen-bond donors (Lipinski definition) is 3. The van der Waals surface area contributed by atoms with Crippen LogP contribution >= 0.6 is 23.2 Å². The minimum Gasteiger partial charge on any atom is -0.494 e. The van der Waals surface area contributed by atoms with E-state index in [4.69, 9.17) is 43.5 Å². The van der Waals surface area contributed by atoms with E-state index in [0.717, 1.165) is 5.56 Å². The lowest BCUT2D eigenvalue weighted by atomic mass is 10.1. The number of nitrogen functional groups attached to an aromatic ring is 1. The van der Waals surface area contributed by atoms with Crippen LogP contribution in [0.3, 0.4) is 0 Å². The molecule has 11 nitrogen and oxygen atoms in total. The zero-order valence-corrected chi connectivity index (χ0v) is 28.0. The van der Waals surface area contributed by atoms with E-state index in [2.05, 4.69) is 15.3 Å². The first-order valence-corrected chi connectivity index (χ1v) is 15.9. The van der Waals surface area contributed by atoms with Gasteiger partial charge in [0.2, 0.25) is 0 Å². The van der Waals surface area contributed by atoms with E-state index in [0.29, 0.717) is 17.1 Å². The van der Waals surface area contributed by atoms with Crippen LogP contribution in [0.1, 0.15) is 29.3 Å². The molecule has 4 aromatic rings. The molecular weight excluding hydrogens is 667 g/mol. The maximum Gasteiger partial charge on any atom is 0.198 e. The number of nitrogens with two attached hydrogens (primary N) is 1. The van der Waals surface area contributed by atoms with Gasteiger partial charge in [0.25, 0.3) is 0 Å². The highest BCUT2D eigenvalue weighted by Gasteiger charge is 2.16. The van der Waals surface area contributed by atoms with Crippen LogP contribution in [0.25, 0.3) is 5.69 Å². The number of ether oxygens (including phenoxy) is 2. The van der Waals surface area contributed by atoms with Crippen molar-refractivity contribution >= 4 is 44.4 Å². The number of rotatable bonds is 9. The zero-order valence-electron chi connectivity index (χ0n) is 25.7. The Morgan fingerprint density at radius 3 is 1.98 bits per heavy atom. The van der Waals surface area contributed by atoms with Crippen LogP contribution in [0.4, 0.5) is 14.5 Å². The van der Waals surface area contributed by atoms with Crippen molar-refractivity contribution in [3.05, 3.63) is 88.7 Å². The van der Waals surface area contributed by atoms with E-state index in [1.165, 1.54) is 37.1 Å². The van der Waals surface area contributed by atoms with Crippen molar-refractivity contribution in [1.29, 1.82) is 0 Å². The number of hydrogen-bond acceptors (Lipinski definition) is 10. The molecule has 0 bridgehead atoms. The van der Waals surface area contributed by atoms with Crippen molar-refractivity contribution in [1.82, 2.24) is 15.0 Å². The Kier molecular flexibility index (Phi) is 14.8. The Balaban J connectivity index is 0.000000244. The van der Waals surface area contributed by atoms with Gasteiger partial charge in [-0.1, -0.05) is 46.1 Å². The number of methoxy groups -OCH3 is 2. The highest BCUT2D eigenvalue weighted by molar-refractivity contribution is 7.91. The summed E-state index contributed by atoms with van der Waals surface area (Å²) in [5, 5.41) is 25.6. The maximum atomic E-state index is 13.9. The number of aromatic nitrogens is 3. The highest BCUT2D eigenvalue weighted by atomic mass is 35.5. The molecule has 250 valence electrons. The van der Waals surface area contributed by atoms with Crippen molar-refractivity contribution in [2.45, 2.75) is 43.7 Å². The van der Waals surface area contributed by atoms with E-state index >= 15 is 0 Å². The Morgan fingerprint density at radius 1 is 0.957 bits per heavy atom. The largest absolute Gasteiger partial charge is 0.494 e. The van der Waals surface area contributed by atoms with Gasteiger partial charge in [0.15, 0.2) is 33.0 Å². The van der Waals surface area contributed by atoms with Gasteiger partial charge >= 0.3 is 0 Å². The van der Waals surface area contributed by atoms with Crippen LogP contribution in [-0.2, 0) is 23.1 Å². The van der Waals surface area contributed by atoms with E-state index in [9.17, 15) is 22.3 Å². The third kappa shape index (κ3) is 10.4. The van der Waals surface area contributed by atoms with Crippen molar-refractivity contribution in [3.63, 3.8) is 0 Å². The molecule has 4 N–H and O–H groups in total. The first-order valence-electron chi connectivity index (χ1n) is 13.4. The molecule has 1 aromatic heterocycles. The highest BCUT2D eigenvalue weighted by Crippen LogP contribution is 2.26. The van der Waals surface area contributed by atoms with Gasteiger partial charge in [0.1, 0.15) is 10.7 Å². The summed E-state index contributed by atoms with van der Waals surface area (Å²) in [7, 11) is -0.680. The fraction of sp³-hybridized carbons (Fsp3) is 0.300. The zero-order chi connectivity index (χ0) is 34.6. The number of aliphatic hydroxyl groups excluding tert-OH is 2. The number of sulfone groups is 1. The third-order valence-corrected chi connectivity index (χ3v) is 8.31. The summed E-state index contributed by atoms with van der Waals surface area (Å²) in [6.45, 7) is 4.41. The Hall–Kier alpha value is -3.82. The van der Waals surface area contributed by atoms with Gasteiger partial charge in [-0.2, -0.15) is 0 Å². The lowest BCUT2D eigenvalue weighted by Crippen LogP contribution is -2.10. The lowest BCUT2D eigenvalue weighted by molar-refractivity contribution is 0.272. The lowest BCUT2D eigenvalue weighted by Gasteiger charge is -2.10. The summed E-state index contributed by atoms with van der Waals surface area (Å²) in [5.74, 6) is -1.33. The van der Waals surface area contributed by atoms with Gasteiger partial charge in [0, 0.05) is 22.5 Å². The average molecular weight is 703 g/mol. The second-order valence-electron chi connectivity index (χ2n) is 9.51. The van der Waals surface area contributed by atoms with Crippen LogP contribution in [0.2, 0.25) is 0 Å². The first-order chi connectivity index (χ1) is 21.7. The molecule has 16 heteroatoms. The maximum absolute atomic E-state index is 13.9. The van der Waals surface area contributed by atoms with Gasteiger partial charge in [-0.3, -0.25) is 4.99 Å². The normalized spacial score (nSPS) is 11.3. The molecule has 0 saturated carbocycles. The van der Waals surface area contributed by atoms with Crippen LogP contribution in [0, 0.1) is 25.5 Å². The SMILES string of the molecule is CC(=NCS(=O)(=O)c1ccc(C)cc1)C(Cl)Cl.COc1ccc(-n2cc(C)nn2)c(CO)c1F.COc1ccc(N)c(CO)c1F. The molecule has 0 aliphatic heterocycles. The minimum atomic E-state index is -3.41. The molecule has 0 unspecified atom stereocenters. The van der Waals surface area contributed by atoms with Crippen molar-refractivity contribution in [2.24, 2.45) is 4.99 Å². The van der Waals surface area contributed by atoms with Crippen LogP contribution in [0.5, 0.6) is 11.5 Å². The molecule has 0 radical (unpaired) electrons. The molecule has 0 spiro atoms. The molecular formula is C30H35Cl2F2N5O6S. The molecule has 1 heterocycles. The Morgan fingerprint density at radius 2 is 1.50 bits per heavy atom. The summed E-state index contributed by atoms with van der Waals surface area (Å²) >= 11 is 11.1. The Labute approximate surface area is 276 Å². The molecule has 3 aromatic carbocycles. The van der Waals surface area contributed by atoms with Gasteiger partial charge in [0.05, 0.1) is 49.9 Å². The molecule has 0 aliphatic rings. The fourth-order valence-corrected chi connectivity index (χ4v) is 4.80. The second-order valence-corrected chi connectivity index (χ2v) is 12.6. The first kappa shape index (κ1) is 38.4. The number of aliphatic hydroxyl groups is 2. The van der Waals surface area contributed by atoms with E-state index in [1.807, 2.05) is 6.92 Å². The summed E-state index contributed by atoms with van der Waals surface area (Å²) < 4.78 is 61.8. The molecule has 0 fully saturated rings. The standard InChI is InChI=1S/C11H13Cl2NO2S.C11H12FN3O2.C8H10FNO2/c1-8-3-5-10(6-4-8)17(15,16)7-14-9(2)11(12)13;1-7-5-15(14-13-7)9-3-4-10(17-2)11(12)8(9)6-16;1-12-7-3-2-6(10)5(4-11)8(7)9/h3-6,11H,7H2,1-2H3;3-5,16H,6H2,1-2H3;2-3,11H,4,10H2,1H3. The van der Waals surface area contributed by atoms with Crippen LogP contribution in [-0.4, -0.2) is 64.3 Å². The van der Waals surface area contributed by atoms with Gasteiger partial charge < -0.3 is 25.4 Å². The topological polar surface area (TPSA) is 162 Å². The quantitative estimate of drug-likeness (QED) is 0.122. The smallest absolute Gasteiger partial charge is 0.198 e. The van der Waals surface area contributed by atoms with Crippen molar-refractivity contribution in [2.75, 3.05) is 25.8 Å². The van der Waals surface area contributed by atoms with E-state index < -0.39 is 39.5 Å². The van der Waals surface area contributed by atoms with Crippen LogP contribution < -0.4 is 15.2 Å². The minimum absolute atomic E-state index is 0.0781. The van der Waals surface area contributed by atoms with E-state index in [-0.39, 0.29) is 39.1 Å². The molecule has 0 amide bonds. The number of halogens is 4. The number of aryl methyl sites for hydroxylation is 2. The fourth-order valence-electron chi connectivity index (χ4n) is 3.59. The van der Waals surface area contributed by atoms with Crippen molar-refractivity contribution < 1.29 is 36.9 Å². The number of benzene rings is 3. The third-order valence-electron chi connectivity index (χ3n) is 6.22. The average Bonchev–Trinajstić information content (AvgIpc) is 3.46. The molecule has 0 aliphatic carbocycles. The van der Waals surface area contributed by atoms with E-state index in [1.54, 1.807) is 50.4 Å². The number of aliphatic imine (C=N–C) groups is 1. The number of nitrogens with zero attached hydrogens (tertiary/aromatic N) is 4. The number of anilines is 1. The summed E-state index contributed by atoms with van der Waals surface area (Å²) in [6, 6.07) is 12.6. The summed E-state index contributed by atoms with van der Waals surface area (Å²) in [4.78, 5) is 3.33. The molecule has 0 atom stereocenters. The number of alkyl halides is 2. The predicted molar refractivity (Wildman–Crippen MR) is 174 cm³/mol. The summed E-state index contributed by atoms with van der Waals surface area (Å²) in [6.07, 6.45) is 1.65. The van der Waals surface area contributed by atoms with Crippen molar-refractivity contribution in [3.8, 4) is 17.2 Å². The van der Waals surface area contributed by atoms with Crippen LogP contribution in [0.15, 0.2) is 64.6 Å². The van der Waals surface area contributed by atoms with Gasteiger partial charge in [-0.15, -0.1) is 5.10 Å². The summed E-state index contributed by atoms with van der Waals surface area (Å²) in [5.41, 5.74) is 8.40. The Bertz CT molecular complexity index is 1740. The predicted octanol–water partition coefficient (Wildman–Crippen LogP) is 5.12. The van der Waals surface area contributed by atoms with Gasteiger partial charge in [-0.05, 0) is 57.2 Å². The van der Waals surface area contributed by atoms with Gasteiger partial charge in [-0.25, -0.2) is 21.9 Å². The molecule has 46 heavy (non-hydrogen) atoms. The molecule has 4 rings (SSSR count).